The first-order valence-electron chi connectivity index (χ1n) is 8.59. The third-order valence-electron chi connectivity index (χ3n) is 4.37. The second-order valence-corrected chi connectivity index (χ2v) is 10.2. The normalized spacial score (nSPS) is 13.4. The highest BCUT2D eigenvalue weighted by Crippen LogP contribution is 2.36. The molecule has 0 bridgehead atoms. The fourth-order valence-corrected chi connectivity index (χ4v) is 5.55. The van der Waals surface area contributed by atoms with Gasteiger partial charge >= 0.3 is 5.97 Å². The van der Waals surface area contributed by atoms with E-state index in [9.17, 15) is 18.3 Å². The van der Waals surface area contributed by atoms with Crippen molar-refractivity contribution in [3.05, 3.63) is 52.9 Å². The molecule has 29 heavy (non-hydrogen) atoms. The first-order chi connectivity index (χ1) is 13.4. The molecule has 2 aromatic heterocycles. The molecule has 1 aromatic carbocycles. The van der Waals surface area contributed by atoms with E-state index < -0.39 is 27.4 Å². The van der Waals surface area contributed by atoms with E-state index in [-0.39, 0.29) is 20.9 Å². The number of hydrogen-bond donors (Lipinski definition) is 2. The number of hydrogen-bond acceptors (Lipinski definition) is 4. The van der Waals surface area contributed by atoms with E-state index >= 15 is 0 Å². The highest BCUT2D eigenvalue weighted by atomic mass is 35.5. The molecular formula is C19H19Cl2N3O4S. The van der Waals surface area contributed by atoms with Gasteiger partial charge in [0.05, 0.1) is 10.6 Å². The lowest BCUT2D eigenvalue weighted by Gasteiger charge is -2.37. The number of halogens is 2. The van der Waals surface area contributed by atoms with E-state index in [1.165, 1.54) is 0 Å². The maximum Gasteiger partial charge on any atom is 0.328 e. The van der Waals surface area contributed by atoms with Crippen LogP contribution in [0.1, 0.15) is 20.8 Å². The standard InChI is InChI=1S/C19H19Cl2N3O4S/c1-19(2,3)17(18(25)26)24(12-4-5-14-11(8-12)6-7-22-14)29(27,28)13-9-15(20)23-16(21)10-13/h4-10,17,22H,1-3H3,(H,25,26). The first kappa shape index (κ1) is 21.4. The van der Waals surface area contributed by atoms with Crippen molar-refractivity contribution < 1.29 is 18.3 Å². The Hall–Kier alpha value is -2.29. The molecule has 0 saturated carbocycles. The number of pyridine rings is 1. The van der Waals surface area contributed by atoms with Crippen LogP contribution in [-0.4, -0.2) is 35.5 Å². The van der Waals surface area contributed by atoms with Crippen LogP contribution < -0.4 is 4.31 Å². The van der Waals surface area contributed by atoms with E-state index in [2.05, 4.69) is 9.97 Å². The van der Waals surface area contributed by atoms with Crippen LogP contribution in [0.3, 0.4) is 0 Å². The molecule has 0 amide bonds. The molecule has 3 aromatic rings. The molecule has 154 valence electrons. The van der Waals surface area contributed by atoms with E-state index in [0.29, 0.717) is 0 Å². The summed E-state index contributed by atoms with van der Waals surface area (Å²) in [7, 11) is -4.34. The SMILES string of the molecule is CC(C)(C)C(C(=O)O)N(c1ccc2[nH]ccc2c1)S(=O)(=O)c1cc(Cl)nc(Cl)c1. The number of nitrogens with zero attached hydrogens (tertiary/aromatic N) is 2. The number of anilines is 1. The average molecular weight is 456 g/mol. The number of aromatic nitrogens is 2. The van der Waals surface area contributed by atoms with Crippen molar-refractivity contribution in [3.8, 4) is 0 Å². The molecule has 1 atom stereocenters. The third kappa shape index (κ3) is 4.19. The third-order valence-corrected chi connectivity index (χ3v) is 6.53. The molecule has 1 unspecified atom stereocenters. The molecule has 0 aliphatic rings. The Morgan fingerprint density at radius 2 is 1.76 bits per heavy atom. The van der Waals surface area contributed by atoms with Crippen LogP contribution >= 0.6 is 23.2 Å². The summed E-state index contributed by atoms with van der Waals surface area (Å²) in [5, 5.41) is 10.5. The van der Waals surface area contributed by atoms with E-state index in [4.69, 9.17) is 23.2 Å². The minimum Gasteiger partial charge on any atom is -0.480 e. The molecule has 0 radical (unpaired) electrons. The highest BCUT2D eigenvalue weighted by molar-refractivity contribution is 7.93. The lowest BCUT2D eigenvalue weighted by molar-refractivity contribution is -0.140. The van der Waals surface area contributed by atoms with Crippen LogP contribution in [0.5, 0.6) is 0 Å². The van der Waals surface area contributed by atoms with Crippen LogP contribution in [0.4, 0.5) is 5.69 Å². The summed E-state index contributed by atoms with van der Waals surface area (Å²) in [6, 6.07) is 7.54. The monoisotopic (exact) mass is 455 g/mol. The van der Waals surface area contributed by atoms with Gasteiger partial charge in [0.1, 0.15) is 16.3 Å². The van der Waals surface area contributed by atoms with Gasteiger partial charge in [0, 0.05) is 17.1 Å². The number of benzene rings is 1. The minimum absolute atomic E-state index is 0.111. The van der Waals surface area contributed by atoms with Crippen LogP contribution in [0, 0.1) is 5.41 Å². The summed E-state index contributed by atoms with van der Waals surface area (Å²) in [6.45, 7) is 4.99. The molecular weight excluding hydrogens is 437 g/mol. The van der Waals surface area contributed by atoms with Crippen molar-refractivity contribution in [2.45, 2.75) is 31.7 Å². The predicted octanol–water partition coefficient (Wildman–Crippen LogP) is 4.56. The number of carbonyl (C=O) groups is 1. The highest BCUT2D eigenvalue weighted by Gasteiger charge is 2.43. The fourth-order valence-electron chi connectivity index (χ4n) is 3.13. The van der Waals surface area contributed by atoms with Gasteiger partial charge in [-0.3, -0.25) is 4.31 Å². The number of sulfonamides is 1. The zero-order chi connectivity index (χ0) is 21.6. The predicted molar refractivity (Wildman–Crippen MR) is 113 cm³/mol. The van der Waals surface area contributed by atoms with Crippen molar-refractivity contribution in [2.24, 2.45) is 5.41 Å². The molecule has 0 aliphatic heterocycles. The number of nitrogens with one attached hydrogen (secondary N) is 1. The zero-order valence-electron chi connectivity index (χ0n) is 15.8. The largest absolute Gasteiger partial charge is 0.480 e. The number of fused-ring (bicyclic) bond motifs is 1. The van der Waals surface area contributed by atoms with Gasteiger partial charge in [-0.05, 0) is 41.8 Å². The van der Waals surface area contributed by atoms with Crippen LogP contribution in [0.2, 0.25) is 10.3 Å². The topological polar surface area (TPSA) is 103 Å². The van der Waals surface area contributed by atoms with Crippen molar-refractivity contribution in [3.63, 3.8) is 0 Å². The summed E-state index contributed by atoms with van der Waals surface area (Å²) in [4.78, 5) is 18.8. The zero-order valence-corrected chi connectivity index (χ0v) is 18.2. The average Bonchev–Trinajstić information content (AvgIpc) is 3.04. The molecule has 3 rings (SSSR count). The maximum atomic E-state index is 13.6. The van der Waals surface area contributed by atoms with Gasteiger partial charge < -0.3 is 10.1 Å². The van der Waals surface area contributed by atoms with Gasteiger partial charge in [-0.1, -0.05) is 44.0 Å². The van der Waals surface area contributed by atoms with Gasteiger partial charge in [0.15, 0.2) is 0 Å². The van der Waals surface area contributed by atoms with Crippen molar-refractivity contribution >= 4 is 55.8 Å². The smallest absolute Gasteiger partial charge is 0.328 e. The second kappa shape index (κ2) is 7.51. The minimum atomic E-state index is -4.34. The van der Waals surface area contributed by atoms with E-state index in [0.717, 1.165) is 27.3 Å². The first-order valence-corrected chi connectivity index (χ1v) is 10.8. The van der Waals surface area contributed by atoms with Crippen molar-refractivity contribution in [1.29, 1.82) is 0 Å². The fraction of sp³-hybridized carbons (Fsp3) is 0.263. The molecule has 0 fully saturated rings. The molecule has 2 heterocycles. The molecule has 0 aliphatic carbocycles. The number of H-pyrrole nitrogens is 1. The molecule has 0 spiro atoms. The van der Waals surface area contributed by atoms with E-state index in [1.807, 2.05) is 0 Å². The molecule has 2 N–H and O–H groups in total. The van der Waals surface area contributed by atoms with Gasteiger partial charge in [0.25, 0.3) is 10.0 Å². The number of carboxylic acid groups (broad SMARTS) is 1. The van der Waals surface area contributed by atoms with Crippen molar-refractivity contribution in [1.82, 2.24) is 9.97 Å². The van der Waals surface area contributed by atoms with Crippen LogP contribution in [0.15, 0.2) is 47.5 Å². The van der Waals surface area contributed by atoms with Gasteiger partial charge in [-0.15, -0.1) is 0 Å². The van der Waals surface area contributed by atoms with E-state index in [1.54, 1.807) is 51.2 Å². The number of carboxylic acids is 1. The summed E-state index contributed by atoms with van der Waals surface area (Å²) in [5.74, 6) is -1.28. The van der Waals surface area contributed by atoms with Gasteiger partial charge in [-0.2, -0.15) is 0 Å². The van der Waals surface area contributed by atoms with Crippen LogP contribution in [-0.2, 0) is 14.8 Å². The lowest BCUT2D eigenvalue weighted by atomic mass is 9.86. The Morgan fingerprint density at radius 3 is 2.31 bits per heavy atom. The Morgan fingerprint density at radius 1 is 1.14 bits per heavy atom. The Balaban J connectivity index is 2.30. The van der Waals surface area contributed by atoms with Crippen LogP contribution in [0.25, 0.3) is 10.9 Å². The summed E-state index contributed by atoms with van der Waals surface area (Å²) in [6.07, 6.45) is 1.72. The van der Waals surface area contributed by atoms with Crippen molar-refractivity contribution in [2.75, 3.05) is 4.31 Å². The number of rotatable bonds is 5. The Labute approximate surface area is 178 Å². The summed E-state index contributed by atoms with van der Waals surface area (Å²) < 4.78 is 28.1. The molecule has 0 saturated heterocycles. The number of aromatic amines is 1. The molecule has 7 nitrogen and oxygen atoms in total. The lowest BCUT2D eigenvalue weighted by Crippen LogP contribution is -2.52. The Kier molecular flexibility index (Phi) is 5.55. The Bertz CT molecular complexity index is 1170. The molecule has 10 heteroatoms. The van der Waals surface area contributed by atoms with Gasteiger partial charge in [-0.25, -0.2) is 18.2 Å². The number of aliphatic carboxylic acids is 1. The summed E-state index contributed by atoms with van der Waals surface area (Å²) >= 11 is 11.8. The summed E-state index contributed by atoms with van der Waals surface area (Å²) in [5.41, 5.74) is 0.0827. The maximum absolute atomic E-state index is 13.6. The van der Waals surface area contributed by atoms with Gasteiger partial charge in [0.2, 0.25) is 0 Å². The second-order valence-electron chi connectivity index (χ2n) is 7.61. The quantitative estimate of drug-likeness (QED) is 0.548.